The zero-order chi connectivity index (χ0) is 21.0. The van der Waals surface area contributed by atoms with E-state index in [1.165, 1.54) is 25.3 Å². The molecule has 29 heavy (non-hydrogen) atoms. The minimum atomic E-state index is -4.00. The summed E-state index contributed by atoms with van der Waals surface area (Å²) in [6.07, 6.45) is 0. The lowest BCUT2D eigenvalue weighted by Crippen LogP contribution is -2.13. The predicted octanol–water partition coefficient (Wildman–Crippen LogP) is 4.90. The molecule has 0 aliphatic heterocycles. The van der Waals surface area contributed by atoms with Crippen LogP contribution < -0.4 is 14.2 Å². The molecule has 3 aromatic carbocycles. The van der Waals surface area contributed by atoms with Gasteiger partial charge in [0.1, 0.15) is 17.3 Å². The Morgan fingerprint density at radius 2 is 1.59 bits per heavy atom. The molecule has 152 valence electrons. The third kappa shape index (κ3) is 5.00. The molecule has 0 aromatic heterocycles. The maximum absolute atomic E-state index is 13.0. The van der Waals surface area contributed by atoms with Crippen molar-refractivity contribution in [3.8, 4) is 22.6 Å². The smallest absolute Gasteiger partial charge is 0.387 e. The maximum atomic E-state index is 13.0. The number of anilines is 1. The molecule has 1 N–H and O–H groups in total. The SMILES string of the molecule is COc1ccc(-c2cc(NS(=O)(=O)c3ccc(F)cc3)ccc2OC(F)F)cc1. The molecule has 0 atom stereocenters. The van der Waals surface area contributed by atoms with Gasteiger partial charge in [0.25, 0.3) is 10.0 Å². The summed E-state index contributed by atoms with van der Waals surface area (Å²) in [5, 5.41) is 0. The van der Waals surface area contributed by atoms with Crippen LogP contribution >= 0.6 is 0 Å². The van der Waals surface area contributed by atoms with Crippen LogP contribution in [0.2, 0.25) is 0 Å². The van der Waals surface area contributed by atoms with E-state index in [9.17, 15) is 21.6 Å². The van der Waals surface area contributed by atoms with Crippen LogP contribution in [0.1, 0.15) is 0 Å². The Labute approximate surface area is 165 Å². The number of alkyl halides is 2. The Hall–Kier alpha value is -3.20. The zero-order valence-corrected chi connectivity index (χ0v) is 15.9. The highest BCUT2D eigenvalue weighted by Gasteiger charge is 2.17. The quantitative estimate of drug-likeness (QED) is 0.587. The van der Waals surface area contributed by atoms with Crippen LogP contribution in [-0.4, -0.2) is 22.1 Å². The van der Waals surface area contributed by atoms with Crippen molar-refractivity contribution in [2.75, 3.05) is 11.8 Å². The van der Waals surface area contributed by atoms with Gasteiger partial charge in [0, 0.05) is 11.3 Å². The standard InChI is InChI=1S/C20H16F3NO4S/c1-27-16-7-2-13(3-8-16)18-12-15(6-11-19(18)28-20(22)23)24-29(25,26)17-9-4-14(21)5-10-17/h2-12,20,24H,1H3. The number of benzene rings is 3. The van der Waals surface area contributed by atoms with Gasteiger partial charge in [0.05, 0.1) is 12.0 Å². The van der Waals surface area contributed by atoms with Crippen LogP contribution in [0.4, 0.5) is 18.9 Å². The second-order valence-corrected chi connectivity index (χ2v) is 7.56. The summed E-state index contributed by atoms with van der Waals surface area (Å²) in [5.74, 6) is -0.118. The van der Waals surface area contributed by atoms with Gasteiger partial charge in [-0.25, -0.2) is 12.8 Å². The Balaban J connectivity index is 1.98. The summed E-state index contributed by atoms with van der Waals surface area (Å²) in [4.78, 5) is -0.141. The first-order valence-electron chi connectivity index (χ1n) is 8.30. The van der Waals surface area contributed by atoms with Crippen molar-refractivity contribution in [3.05, 3.63) is 72.5 Å². The minimum absolute atomic E-state index is 0.116. The highest BCUT2D eigenvalue weighted by molar-refractivity contribution is 7.92. The third-order valence-electron chi connectivity index (χ3n) is 3.97. The van der Waals surface area contributed by atoms with Crippen LogP contribution in [0.3, 0.4) is 0 Å². The van der Waals surface area contributed by atoms with E-state index in [1.54, 1.807) is 24.3 Å². The Bertz CT molecular complexity index is 1090. The minimum Gasteiger partial charge on any atom is -0.497 e. The monoisotopic (exact) mass is 423 g/mol. The molecule has 0 fully saturated rings. The number of hydrogen-bond donors (Lipinski definition) is 1. The van der Waals surface area contributed by atoms with E-state index in [4.69, 9.17) is 4.74 Å². The van der Waals surface area contributed by atoms with Crippen LogP contribution in [0, 0.1) is 5.82 Å². The molecule has 0 radical (unpaired) electrons. The normalized spacial score (nSPS) is 11.3. The molecule has 0 aliphatic rings. The first kappa shape index (κ1) is 20.5. The molecule has 5 nitrogen and oxygen atoms in total. The van der Waals surface area contributed by atoms with E-state index in [0.29, 0.717) is 11.3 Å². The fraction of sp³-hybridized carbons (Fsp3) is 0.100. The number of ether oxygens (including phenoxy) is 2. The number of hydrogen-bond acceptors (Lipinski definition) is 4. The number of methoxy groups -OCH3 is 1. The van der Waals surface area contributed by atoms with Crippen molar-refractivity contribution in [1.82, 2.24) is 0 Å². The van der Waals surface area contributed by atoms with Gasteiger partial charge in [0.15, 0.2) is 0 Å². The van der Waals surface area contributed by atoms with Crippen molar-refractivity contribution in [2.24, 2.45) is 0 Å². The third-order valence-corrected chi connectivity index (χ3v) is 5.37. The average molecular weight is 423 g/mol. The van der Waals surface area contributed by atoms with Crippen molar-refractivity contribution in [2.45, 2.75) is 11.5 Å². The average Bonchev–Trinajstić information content (AvgIpc) is 2.69. The van der Waals surface area contributed by atoms with Gasteiger partial charge in [-0.2, -0.15) is 8.78 Å². The molecule has 0 bridgehead atoms. The molecule has 0 saturated heterocycles. The molecule has 3 rings (SSSR count). The van der Waals surface area contributed by atoms with E-state index in [1.807, 2.05) is 0 Å². The zero-order valence-electron chi connectivity index (χ0n) is 15.1. The summed E-state index contributed by atoms with van der Waals surface area (Å²) in [5.41, 5.74) is 0.901. The fourth-order valence-electron chi connectivity index (χ4n) is 2.62. The van der Waals surface area contributed by atoms with Crippen molar-refractivity contribution in [3.63, 3.8) is 0 Å². The lowest BCUT2D eigenvalue weighted by atomic mass is 10.0. The summed E-state index contributed by atoms with van der Waals surface area (Å²) >= 11 is 0. The molecule has 0 saturated carbocycles. The lowest BCUT2D eigenvalue weighted by molar-refractivity contribution is -0.0494. The molecule has 3 aromatic rings. The first-order chi connectivity index (χ1) is 13.8. The van der Waals surface area contributed by atoms with E-state index in [0.717, 1.165) is 24.3 Å². The van der Waals surface area contributed by atoms with E-state index in [-0.39, 0.29) is 21.9 Å². The topological polar surface area (TPSA) is 64.6 Å². The maximum Gasteiger partial charge on any atom is 0.387 e. The van der Waals surface area contributed by atoms with Crippen molar-refractivity contribution >= 4 is 15.7 Å². The summed E-state index contributed by atoms with van der Waals surface area (Å²) in [6.45, 7) is -3.05. The van der Waals surface area contributed by atoms with Gasteiger partial charge in [-0.3, -0.25) is 4.72 Å². The molecule has 0 aliphatic carbocycles. The van der Waals surface area contributed by atoms with Gasteiger partial charge < -0.3 is 9.47 Å². The lowest BCUT2D eigenvalue weighted by Gasteiger charge is -2.14. The Kier molecular flexibility index (Phi) is 5.97. The summed E-state index contributed by atoms with van der Waals surface area (Å²) in [7, 11) is -2.51. The van der Waals surface area contributed by atoms with Crippen molar-refractivity contribution < 1.29 is 31.1 Å². The van der Waals surface area contributed by atoms with Gasteiger partial charge in [-0.15, -0.1) is 0 Å². The molecule has 0 amide bonds. The van der Waals surface area contributed by atoms with Gasteiger partial charge in [-0.1, -0.05) is 12.1 Å². The highest BCUT2D eigenvalue weighted by Crippen LogP contribution is 2.35. The second kappa shape index (κ2) is 8.44. The van der Waals surface area contributed by atoms with Crippen LogP contribution in [0.15, 0.2) is 71.6 Å². The number of halogens is 3. The summed E-state index contributed by atoms with van der Waals surface area (Å²) in [6, 6.07) is 14.7. The Morgan fingerprint density at radius 1 is 0.931 bits per heavy atom. The van der Waals surface area contributed by atoms with E-state index >= 15 is 0 Å². The van der Waals surface area contributed by atoms with Crippen LogP contribution in [-0.2, 0) is 10.0 Å². The predicted molar refractivity (Wildman–Crippen MR) is 102 cm³/mol. The van der Waals surface area contributed by atoms with Crippen LogP contribution in [0.5, 0.6) is 11.5 Å². The first-order valence-corrected chi connectivity index (χ1v) is 9.78. The highest BCUT2D eigenvalue weighted by atomic mass is 32.2. The van der Waals surface area contributed by atoms with E-state index < -0.39 is 22.5 Å². The number of nitrogens with one attached hydrogen (secondary N) is 1. The summed E-state index contributed by atoms with van der Waals surface area (Å²) < 4.78 is 75.6. The van der Waals surface area contributed by atoms with Crippen molar-refractivity contribution in [1.29, 1.82) is 0 Å². The molecule has 0 unspecified atom stereocenters. The second-order valence-electron chi connectivity index (χ2n) is 5.88. The molecule has 0 spiro atoms. The van der Waals surface area contributed by atoms with Crippen LogP contribution in [0.25, 0.3) is 11.1 Å². The number of rotatable bonds is 7. The molecular weight excluding hydrogens is 407 g/mol. The molecule has 0 heterocycles. The van der Waals surface area contributed by atoms with E-state index in [2.05, 4.69) is 9.46 Å². The number of sulfonamides is 1. The van der Waals surface area contributed by atoms with Gasteiger partial charge in [0.2, 0.25) is 0 Å². The molecular formula is C20H16F3NO4S. The largest absolute Gasteiger partial charge is 0.497 e. The molecule has 9 heteroatoms. The van der Waals surface area contributed by atoms with Gasteiger partial charge in [-0.05, 0) is 60.2 Å². The Morgan fingerprint density at radius 3 is 2.17 bits per heavy atom. The fourth-order valence-corrected chi connectivity index (χ4v) is 3.67. The van der Waals surface area contributed by atoms with Gasteiger partial charge >= 0.3 is 6.61 Å².